The van der Waals surface area contributed by atoms with Crippen LogP contribution in [-0.4, -0.2) is 21.1 Å². The summed E-state index contributed by atoms with van der Waals surface area (Å²) in [5.41, 5.74) is 9.32. The van der Waals surface area contributed by atoms with E-state index in [0.717, 1.165) is 0 Å². The molecular weight excluding hydrogens is 335 g/mol. The molecule has 0 aromatic carbocycles. The fourth-order valence-corrected chi connectivity index (χ4v) is 10.3. The number of allylic oxidation sites excluding steroid dienone is 8. The van der Waals surface area contributed by atoms with Crippen LogP contribution in [0.5, 0.6) is 0 Å². The van der Waals surface area contributed by atoms with Gasteiger partial charge in [-0.1, -0.05) is 0 Å². The molecule has 2 rings (SSSR count). The molecule has 0 aromatic rings. The standard InChI is InChI=1S/2C9H13.Sn/c2*1-6-5-7(2)9(4)8(6)3;/h2*5H,1-4H3;. The number of hydrogen-bond acceptors (Lipinski definition) is 0. The monoisotopic (exact) mass is 362 g/mol. The van der Waals surface area contributed by atoms with Crippen LogP contribution in [0, 0.1) is 0 Å². The van der Waals surface area contributed by atoms with Crippen LogP contribution in [0.15, 0.2) is 45.6 Å². The Balaban J connectivity index is 2.40. The normalized spacial score (nSPS) is 35.2. The van der Waals surface area contributed by atoms with Crippen molar-refractivity contribution in [1.82, 2.24) is 0 Å². The zero-order valence-corrected chi connectivity index (χ0v) is 16.5. The molecule has 1 heteroatoms. The van der Waals surface area contributed by atoms with Gasteiger partial charge < -0.3 is 0 Å². The van der Waals surface area contributed by atoms with Crippen LogP contribution >= 0.6 is 0 Å². The van der Waals surface area contributed by atoms with Crippen molar-refractivity contribution in [3.05, 3.63) is 45.6 Å². The molecule has 0 amide bonds. The van der Waals surface area contributed by atoms with E-state index >= 15 is 0 Å². The second kappa shape index (κ2) is 4.65. The molecule has 2 unspecified atom stereocenters. The average molecular weight is 361 g/mol. The van der Waals surface area contributed by atoms with Crippen LogP contribution in [0.3, 0.4) is 0 Å². The first-order chi connectivity index (χ1) is 8.61. The molecule has 0 bridgehead atoms. The van der Waals surface area contributed by atoms with Gasteiger partial charge in [-0.15, -0.1) is 0 Å². The van der Waals surface area contributed by atoms with E-state index in [1.807, 2.05) is 0 Å². The van der Waals surface area contributed by atoms with Crippen molar-refractivity contribution >= 4 is 21.1 Å². The maximum absolute atomic E-state index is 2.55. The molecule has 19 heavy (non-hydrogen) atoms. The van der Waals surface area contributed by atoms with Crippen molar-refractivity contribution in [1.29, 1.82) is 0 Å². The molecule has 2 atom stereocenters. The zero-order valence-electron chi connectivity index (χ0n) is 13.7. The summed E-state index contributed by atoms with van der Waals surface area (Å²) in [6.07, 6.45) is 5.11. The molecule has 0 nitrogen and oxygen atoms in total. The summed E-state index contributed by atoms with van der Waals surface area (Å²) in [5.74, 6) is 0. The van der Waals surface area contributed by atoms with E-state index < -0.39 is 21.1 Å². The van der Waals surface area contributed by atoms with Crippen molar-refractivity contribution in [2.75, 3.05) is 0 Å². The molecule has 0 aromatic heterocycles. The molecule has 2 aliphatic rings. The van der Waals surface area contributed by atoms with Gasteiger partial charge in [0.15, 0.2) is 0 Å². The topological polar surface area (TPSA) is 0 Å². The van der Waals surface area contributed by atoms with Crippen LogP contribution in [0.25, 0.3) is 0 Å². The number of rotatable bonds is 2. The van der Waals surface area contributed by atoms with Crippen LogP contribution in [0.4, 0.5) is 0 Å². The number of hydrogen-bond donors (Lipinski definition) is 0. The first-order valence-corrected chi connectivity index (χ1v) is 10.0. The summed E-state index contributed by atoms with van der Waals surface area (Å²) in [5, 5.41) is 0. The summed E-state index contributed by atoms with van der Waals surface area (Å²) in [6.45, 7) is 18.8. The Kier molecular flexibility index (Phi) is 3.71. The summed E-state index contributed by atoms with van der Waals surface area (Å²) < 4.78 is 0.768. The molecule has 0 saturated heterocycles. The van der Waals surface area contributed by atoms with Crippen LogP contribution in [-0.2, 0) is 0 Å². The predicted molar refractivity (Wildman–Crippen MR) is 86.8 cm³/mol. The van der Waals surface area contributed by atoms with Gasteiger partial charge in [0.25, 0.3) is 0 Å². The summed E-state index contributed by atoms with van der Waals surface area (Å²) in [6, 6.07) is 0. The third-order valence-corrected chi connectivity index (χ3v) is 11.3. The molecule has 102 valence electrons. The molecule has 0 fully saturated rings. The second-order valence-corrected chi connectivity index (χ2v) is 13.3. The van der Waals surface area contributed by atoms with E-state index in [0.29, 0.717) is 6.86 Å². The minimum atomic E-state index is -0.656. The molecule has 0 spiro atoms. The van der Waals surface area contributed by atoms with Crippen molar-refractivity contribution in [3.63, 3.8) is 0 Å². The van der Waals surface area contributed by atoms with E-state index in [4.69, 9.17) is 0 Å². The first-order valence-electron chi connectivity index (χ1n) is 7.15. The second-order valence-electron chi connectivity index (χ2n) is 6.68. The Hall–Kier alpha value is -0.241. The van der Waals surface area contributed by atoms with E-state index in [1.54, 1.807) is 11.1 Å². The van der Waals surface area contributed by atoms with E-state index in [-0.39, 0.29) is 0 Å². The third kappa shape index (κ3) is 2.30. The average Bonchev–Trinajstić information content (AvgIpc) is 2.61. The molecule has 2 radical (unpaired) electrons. The summed E-state index contributed by atoms with van der Waals surface area (Å²) in [4.78, 5) is 0. The summed E-state index contributed by atoms with van der Waals surface area (Å²) in [7, 11) is 0. The predicted octanol–water partition coefficient (Wildman–Crippen LogP) is 5.64. The Labute approximate surface area is 129 Å². The van der Waals surface area contributed by atoms with Gasteiger partial charge in [-0.2, -0.15) is 0 Å². The van der Waals surface area contributed by atoms with Gasteiger partial charge in [0.2, 0.25) is 0 Å². The summed E-state index contributed by atoms with van der Waals surface area (Å²) >= 11 is -0.656. The van der Waals surface area contributed by atoms with Gasteiger partial charge in [0.1, 0.15) is 0 Å². The van der Waals surface area contributed by atoms with Gasteiger partial charge in [-0.05, 0) is 0 Å². The Bertz CT molecular complexity index is 506. The Morgan fingerprint density at radius 3 is 1.21 bits per heavy atom. The molecular formula is C18H26Sn. The van der Waals surface area contributed by atoms with Crippen molar-refractivity contribution in [2.24, 2.45) is 0 Å². The molecule has 0 N–H and O–H groups in total. The molecule has 0 saturated carbocycles. The van der Waals surface area contributed by atoms with Crippen LogP contribution < -0.4 is 0 Å². The van der Waals surface area contributed by atoms with Gasteiger partial charge >= 0.3 is 129 Å². The van der Waals surface area contributed by atoms with Crippen LogP contribution in [0.1, 0.15) is 55.4 Å². The van der Waals surface area contributed by atoms with Crippen molar-refractivity contribution in [2.45, 2.75) is 62.3 Å². The zero-order chi connectivity index (χ0) is 14.6. The Morgan fingerprint density at radius 1 is 0.684 bits per heavy atom. The maximum atomic E-state index is 2.55. The quantitative estimate of drug-likeness (QED) is 0.559. The van der Waals surface area contributed by atoms with Crippen molar-refractivity contribution in [3.8, 4) is 0 Å². The third-order valence-electron chi connectivity index (χ3n) is 5.40. The molecule has 2 aliphatic carbocycles. The van der Waals surface area contributed by atoms with E-state index in [1.165, 1.54) is 22.3 Å². The Morgan fingerprint density at radius 2 is 1.00 bits per heavy atom. The molecule has 0 aliphatic heterocycles. The fraction of sp³-hybridized carbons (Fsp3) is 0.556. The van der Waals surface area contributed by atoms with Gasteiger partial charge in [-0.3, -0.25) is 0 Å². The van der Waals surface area contributed by atoms with Gasteiger partial charge in [0.05, 0.1) is 0 Å². The van der Waals surface area contributed by atoms with Gasteiger partial charge in [-0.25, -0.2) is 0 Å². The van der Waals surface area contributed by atoms with E-state index in [2.05, 4.69) is 67.5 Å². The minimum absolute atomic E-state index is 0.384. The van der Waals surface area contributed by atoms with Crippen molar-refractivity contribution < 1.29 is 0 Å². The molecule has 0 heterocycles. The first kappa shape index (κ1) is 15.2. The fourth-order valence-electron chi connectivity index (χ4n) is 3.47. The van der Waals surface area contributed by atoms with E-state index in [9.17, 15) is 0 Å². The SMILES string of the molecule is CC1=C[C](C)([Sn][C]2(C)C=C(C)C(C)=C2C)C(C)=C1C. The van der Waals surface area contributed by atoms with Crippen LogP contribution in [0.2, 0.25) is 6.86 Å². The van der Waals surface area contributed by atoms with Gasteiger partial charge in [0, 0.05) is 0 Å².